The molecule has 0 saturated heterocycles. The fourth-order valence-electron chi connectivity index (χ4n) is 3.54. The molecule has 4 aromatic rings. The van der Waals surface area contributed by atoms with Crippen molar-refractivity contribution in [1.29, 1.82) is 0 Å². The summed E-state index contributed by atoms with van der Waals surface area (Å²) < 4.78 is 38.9. The quantitative estimate of drug-likeness (QED) is 0.244. The van der Waals surface area contributed by atoms with E-state index in [1.165, 1.54) is 18.2 Å². The Labute approximate surface area is 221 Å². The molecule has 11 heteroatoms. The lowest BCUT2D eigenvalue weighted by Gasteiger charge is -2.14. The lowest BCUT2D eigenvalue weighted by atomic mass is 10.1. The molecule has 4 rings (SSSR count). The van der Waals surface area contributed by atoms with Crippen molar-refractivity contribution in [2.45, 2.75) is 24.7 Å². The van der Waals surface area contributed by atoms with Crippen molar-refractivity contribution in [1.82, 2.24) is 13.9 Å². The molecule has 0 atom stereocenters. The number of hydrogen-bond donors (Lipinski definition) is 0. The van der Waals surface area contributed by atoms with Gasteiger partial charge in [0.15, 0.2) is 5.65 Å². The van der Waals surface area contributed by atoms with Crippen LogP contribution < -0.4 is 9.47 Å². The van der Waals surface area contributed by atoms with Crippen LogP contribution in [-0.4, -0.2) is 36.6 Å². The first kappa shape index (κ1) is 25.0. The van der Waals surface area contributed by atoms with E-state index in [0.29, 0.717) is 54.9 Å². The van der Waals surface area contributed by atoms with Gasteiger partial charge in [-0.15, -0.1) is 0 Å². The molecule has 34 heavy (non-hydrogen) atoms. The summed E-state index contributed by atoms with van der Waals surface area (Å²) >= 11 is 14.9. The summed E-state index contributed by atoms with van der Waals surface area (Å²) in [7, 11) is -0.775. The highest BCUT2D eigenvalue weighted by atomic mass is 127. The second-order valence-electron chi connectivity index (χ2n) is 7.51. The average Bonchev–Trinajstić information content (AvgIpc) is 3.15. The Bertz CT molecular complexity index is 1460. The maximum absolute atomic E-state index is 13.3. The van der Waals surface area contributed by atoms with E-state index in [-0.39, 0.29) is 10.5 Å². The summed E-state index contributed by atoms with van der Waals surface area (Å²) in [5.41, 5.74) is 3.08. The minimum absolute atomic E-state index is 0.190. The van der Waals surface area contributed by atoms with Gasteiger partial charge < -0.3 is 9.47 Å². The number of benzene rings is 2. The van der Waals surface area contributed by atoms with E-state index in [2.05, 4.69) is 9.97 Å². The van der Waals surface area contributed by atoms with Crippen molar-refractivity contribution in [3.05, 3.63) is 73.2 Å². The second-order valence-corrected chi connectivity index (χ2v) is 11.2. The highest BCUT2D eigenvalue weighted by Crippen LogP contribution is 2.40. The minimum atomic E-state index is -3.82. The fourth-order valence-corrected chi connectivity index (χ4v) is 6.87. The molecule has 178 valence electrons. The SMILES string of the molecule is COc1cc(OC)c(Cl)c(CCc2cnc3c(cc(I)n3S(=O)(=O)c3ccc(C)cc3)n2)c1Cl. The highest BCUT2D eigenvalue weighted by Gasteiger charge is 2.24. The second kappa shape index (κ2) is 9.88. The summed E-state index contributed by atoms with van der Waals surface area (Å²) in [6.45, 7) is 1.90. The molecule has 0 fully saturated rings. The molecule has 0 saturated carbocycles. The van der Waals surface area contributed by atoms with Crippen molar-refractivity contribution >= 4 is 67.0 Å². The van der Waals surface area contributed by atoms with E-state index < -0.39 is 10.0 Å². The molecular formula is C23H20Cl2IN3O4S. The monoisotopic (exact) mass is 631 g/mol. The van der Waals surface area contributed by atoms with Gasteiger partial charge in [0.25, 0.3) is 10.0 Å². The molecule has 0 radical (unpaired) electrons. The zero-order valence-electron chi connectivity index (χ0n) is 18.5. The molecule has 0 unspecified atom stereocenters. The van der Waals surface area contributed by atoms with Crippen molar-refractivity contribution in [2.75, 3.05) is 14.2 Å². The van der Waals surface area contributed by atoms with Crippen LogP contribution in [0, 0.1) is 10.6 Å². The maximum Gasteiger partial charge on any atom is 0.270 e. The predicted molar refractivity (Wildman–Crippen MR) is 141 cm³/mol. The van der Waals surface area contributed by atoms with Crippen LogP contribution in [0.15, 0.2) is 47.5 Å². The smallest absolute Gasteiger partial charge is 0.270 e. The average molecular weight is 632 g/mol. The van der Waals surface area contributed by atoms with E-state index in [4.69, 9.17) is 32.7 Å². The van der Waals surface area contributed by atoms with Gasteiger partial charge in [-0.25, -0.2) is 22.4 Å². The number of aryl methyl sites for hydroxylation is 2. The molecule has 0 amide bonds. The third-order valence-corrected chi connectivity index (χ3v) is 8.99. The van der Waals surface area contributed by atoms with Gasteiger partial charge in [-0.2, -0.15) is 0 Å². The zero-order chi connectivity index (χ0) is 24.6. The summed E-state index contributed by atoms with van der Waals surface area (Å²) in [5, 5.41) is 0.819. The number of aromatic nitrogens is 3. The predicted octanol–water partition coefficient (Wildman–Crippen LogP) is 5.69. The molecule has 0 N–H and O–H groups in total. The first-order valence-corrected chi connectivity index (χ1v) is 13.4. The van der Waals surface area contributed by atoms with E-state index >= 15 is 0 Å². The Morgan fingerprint density at radius 3 is 2.21 bits per heavy atom. The number of rotatable bonds is 7. The van der Waals surface area contributed by atoms with Gasteiger partial charge >= 0.3 is 0 Å². The Hall–Kier alpha value is -2.08. The Kier molecular flexibility index (Phi) is 7.28. The van der Waals surface area contributed by atoms with Crippen LogP contribution in [0.5, 0.6) is 11.5 Å². The van der Waals surface area contributed by atoms with Gasteiger partial charge in [0.2, 0.25) is 0 Å². The van der Waals surface area contributed by atoms with Crippen LogP contribution in [0.4, 0.5) is 0 Å². The Morgan fingerprint density at radius 1 is 1.00 bits per heavy atom. The van der Waals surface area contributed by atoms with Gasteiger partial charge in [0.05, 0.1) is 44.8 Å². The number of ether oxygens (including phenoxy) is 2. The molecule has 0 aliphatic carbocycles. The lowest BCUT2D eigenvalue weighted by molar-refractivity contribution is 0.393. The first-order valence-electron chi connectivity index (χ1n) is 10.1. The van der Waals surface area contributed by atoms with Gasteiger partial charge in [-0.1, -0.05) is 40.9 Å². The van der Waals surface area contributed by atoms with Crippen LogP contribution in [-0.2, 0) is 22.9 Å². The molecule has 7 nitrogen and oxygen atoms in total. The Balaban J connectivity index is 1.68. The van der Waals surface area contributed by atoms with Gasteiger partial charge in [0.1, 0.15) is 17.0 Å². The van der Waals surface area contributed by atoms with Gasteiger partial charge in [0, 0.05) is 6.07 Å². The fraction of sp³-hybridized carbons (Fsp3) is 0.217. The molecule has 0 bridgehead atoms. The zero-order valence-corrected chi connectivity index (χ0v) is 23.0. The lowest BCUT2D eigenvalue weighted by Crippen LogP contribution is -2.15. The van der Waals surface area contributed by atoms with Crippen LogP contribution in [0.3, 0.4) is 0 Å². The van der Waals surface area contributed by atoms with Gasteiger partial charge in [-0.05, 0) is 66.1 Å². The number of methoxy groups -OCH3 is 2. The van der Waals surface area contributed by atoms with E-state index in [0.717, 1.165) is 5.56 Å². The first-order chi connectivity index (χ1) is 16.2. The van der Waals surface area contributed by atoms with Gasteiger partial charge in [-0.3, -0.25) is 0 Å². The molecule has 2 aromatic carbocycles. The number of hydrogen-bond acceptors (Lipinski definition) is 6. The number of halogens is 3. The highest BCUT2D eigenvalue weighted by molar-refractivity contribution is 14.1. The van der Waals surface area contributed by atoms with Crippen molar-refractivity contribution in [3.8, 4) is 11.5 Å². The summed E-state index contributed by atoms with van der Waals surface area (Å²) in [6, 6.07) is 10.0. The maximum atomic E-state index is 13.3. The van der Waals surface area contributed by atoms with E-state index in [1.807, 2.05) is 29.5 Å². The molecule has 0 aliphatic rings. The Morgan fingerprint density at radius 2 is 1.62 bits per heavy atom. The number of nitrogens with zero attached hydrogens (tertiary/aromatic N) is 3. The van der Waals surface area contributed by atoms with Crippen LogP contribution in [0.25, 0.3) is 11.2 Å². The van der Waals surface area contributed by atoms with E-state index in [1.54, 1.807) is 42.6 Å². The third kappa shape index (κ3) is 4.58. The summed E-state index contributed by atoms with van der Waals surface area (Å²) in [4.78, 5) is 9.26. The molecular weight excluding hydrogens is 612 g/mol. The minimum Gasteiger partial charge on any atom is -0.495 e. The normalized spacial score (nSPS) is 11.7. The molecule has 0 aliphatic heterocycles. The van der Waals surface area contributed by atoms with Crippen molar-refractivity contribution in [2.24, 2.45) is 0 Å². The summed E-state index contributed by atoms with van der Waals surface area (Å²) in [5.74, 6) is 0.930. The largest absolute Gasteiger partial charge is 0.495 e. The standard InChI is InChI=1S/C23H20Cl2IN3O4S/c1-13-4-7-15(8-5-13)34(30,31)29-20(26)10-17-23(29)27-12-14(28-17)6-9-16-21(24)18(32-2)11-19(33-3)22(16)25/h4-5,7-8,10-12H,6,9H2,1-3H3. The van der Waals surface area contributed by atoms with E-state index in [9.17, 15) is 8.42 Å². The van der Waals surface area contributed by atoms with Crippen LogP contribution in [0.2, 0.25) is 10.0 Å². The molecule has 2 heterocycles. The molecule has 0 spiro atoms. The third-order valence-electron chi connectivity index (χ3n) is 5.33. The summed E-state index contributed by atoms with van der Waals surface area (Å²) in [6.07, 6.45) is 2.51. The van der Waals surface area contributed by atoms with Crippen LogP contribution >= 0.6 is 45.8 Å². The molecule has 2 aromatic heterocycles. The number of fused-ring (bicyclic) bond motifs is 1. The van der Waals surface area contributed by atoms with Crippen molar-refractivity contribution in [3.63, 3.8) is 0 Å². The van der Waals surface area contributed by atoms with Crippen LogP contribution in [0.1, 0.15) is 16.8 Å². The topological polar surface area (TPSA) is 83.3 Å². The van der Waals surface area contributed by atoms with Crippen molar-refractivity contribution < 1.29 is 17.9 Å².